The Morgan fingerprint density at radius 1 is 1.00 bits per heavy atom. The van der Waals surface area contributed by atoms with E-state index in [1.807, 2.05) is 42.5 Å². The van der Waals surface area contributed by atoms with E-state index in [9.17, 15) is 5.11 Å². The molecule has 0 N–H and O–H groups in total. The number of hydrogen-bond acceptors (Lipinski definition) is 2. The average molecular weight is 249 g/mol. The van der Waals surface area contributed by atoms with Crippen LogP contribution in [0.15, 0.2) is 61.1 Å². The molecular formula is C16H13N2O. The fourth-order valence-electron chi connectivity index (χ4n) is 2.24. The second kappa shape index (κ2) is 5.16. The molecule has 0 fully saturated rings. The fourth-order valence-corrected chi connectivity index (χ4v) is 2.24. The zero-order valence-corrected chi connectivity index (χ0v) is 10.4. The van der Waals surface area contributed by atoms with Crippen LogP contribution < -0.4 is 0 Å². The van der Waals surface area contributed by atoms with Gasteiger partial charge in [0.2, 0.25) is 0 Å². The molecule has 1 unspecified atom stereocenters. The Morgan fingerprint density at radius 2 is 1.89 bits per heavy atom. The zero-order valence-electron chi connectivity index (χ0n) is 10.4. The lowest BCUT2D eigenvalue weighted by Crippen LogP contribution is -2.02. The Morgan fingerprint density at radius 3 is 2.74 bits per heavy atom. The van der Waals surface area contributed by atoms with E-state index in [-0.39, 0.29) is 0 Å². The Kier molecular flexibility index (Phi) is 3.21. The number of pyridine rings is 2. The van der Waals surface area contributed by atoms with Crippen molar-refractivity contribution in [3.8, 4) is 0 Å². The molecule has 2 aromatic heterocycles. The van der Waals surface area contributed by atoms with Crippen LogP contribution in [0.3, 0.4) is 0 Å². The maximum atomic E-state index is 12.5. The first-order valence-corrected chi connectivity index (χ1v) is 6.23. The number of hydrogen-bond donors (Lipinski definition) is 0. The van der Waals surface area contributed by atoms with Crippen LogP contribution in [-0.2, 0) is 11.5 Å². The highest BCUT2D eigenvalue weighted by Crippen LogP contribution is 2.25. The summed E-state index contributed by atoms with van der Waals surface area (Å²) in [5.41, 5.74) is 2.63. The van der Waals surface area contributed by atoms with Gasteiger partial charge in [-0.15, -0.1) is 0 Å². The molecule has 3 heteroatoms. The molecule has 0 saturated heterocycles. The summed E-state index contributed by atoms with van der Waals surface area (Å²) >= 11 is 0. The lowest BCUT2D eigenvalue weighted by molar-refractivity contribution is 0.0906. The van der Waals surface area contributed by atoms with E-state index < -0.39 is 6.10 Å². The molecule has 3 aromatic rings. The van der Waals surface area contributed by atoms with E-state index in [4.69, 9.17) is 0 Å². The molecule has 3 nitrogen and oxygen atoms in total. The number of aromatic nitrogens is 2. The molecule has 19 heavy (non-hydrogen) atoms. The highest BCUT2D eigenvalue weighted by Gasteiger charge is 2.13. The average Bonchev–Trinajstić information content (AvgIpc) is 2.47. The van der Waals surface area contributed by atoms with Gasteiger partial charge >= 0.3 is 0 Å². The third kappa shape index (κ3) is 2.46. The summed E-state index contributed by atoms with van der Waals surface area (Å²) in [6, 6.07) is 13.3. The molecular weight excluding hydrogens is 236 g/mol. The predicted octanol–water partition coefficient (Wildman–Crippen LogP) is 3.34. The third-order valence-electron chi connectivity index (χ3n) is 3.17. The molecule has 0 aliphatic carbocycles. The molecule has 1 aromatic carbocycles. The minimum Gasteiger partial charge on any atom is -0.264 e. The van der Waals surface area contributed by atoms with Crippen molar-refractivity contribution in [1.82, 2.24) is 9.97 Å². The second-order valence-electron chi connectivity index (χ2n) is 4.47. The molecule has 0 bridgehead atoms. The van der Waals surface area contributed by atoms with Crippen LogP contribution >= 0.6 is 0 Å². The minimum absolute atomic E-state index is 0.446. The standard InChI is InChI=1S/C16H13N2O/c19-16(10-12-4-3-8-17-11-12)14-7-9-18-15-6-2-1-5-13(14)15/h1-9,11,16H,10H2. The van der Waals surface area contributed by atoms with Crippen molar-refractivity contribution >= 4 is 10.9 Å². The highest BCUT2D eigenvalue weighted by atomic mass is 16.3. The van der Waals surface area contributed by atoms with E-state index in [1.165, 1.54) is 0 Å². The first-order valence-electron chi connectivity index (χ1n) is 6.23. The summed E-state index contributed by atoms with van der Waals surface area (Å²) in [6.07, 6.45) is 4.81. The quantitative estimate of drug-likeness (QED) is 0.714. The summed E-state index contributed by atoms with van der Waals surface area (Å²) in [4.78, 5) is 8.32. The van der Waals surface area contributed by atoms with Gasteiger partial charge in [-0.05, 0) is 29.3 Å². The van der Waals surface area contributed by atoms with E-state index in [1.54, 1.807) is 18.6 Å². The SMILES string of the molecule is [O]C(Cc1cccnc1)c1ccnc2ccccc12. The van der Waals surface area contributed by atoms with E-state index >= 15 is 0 Å². The van der Waals surface area contributed by atoms with E-state index in [0.717, 1.165) is 22.0 Å². The van der Waals surface area contributed by atoms with Crippen LogP contribution in [0.5, 0.6) is 0 Å². The highest BCUT2D eigenvalue weighted by molar-refractivity contribution is 5.82. The largest absolute Gasteiger partial charge is 0.264 e. The van der Waals surface area contributed by atoms with E-state index in [0.29, 0.717) is 6.42 Å². The Balaban J connectivity index is 1.96. The molecule has 0 amide bonds. The predicted molar refractivity (Wildman–Crippen MR) is 73.1 cm³/mol. The van der Waals surface area contributed by atoms with Crippen molar-refractivity contribution in [2.45, 2.75) is 12.5 Å². The van der Waals surface area contributed by atoms with Gasteiger partial charge in [-0.2, -0.15) is 0 Å². The van der Waals surface area contributed by atoms with Crippen LogP contribution in [0.4, 0.5) is 0 Å². The summed E-state index contributed by atoms with van der Waals surface area (Å²) in [5.74, 6) is 0. The molecule has 3 rings (SSSR count). The zero-order chi connectivity index (χ0) is 13.1. The second-order valence-corrected chi connectivity index (χ2v) is 4.47. The summed E-state index contributed by atoms with van der Waals surface area (Å²) in [5, 5.41) is 13.4. The molecule has 0 saturated carbocycles. The van der Waals surface area contributed by atoms with Crippen molar-refractivity contribution in [1.29, 1.82) is 0 Å². The van der Waals surface area contributed by atoms with Gasteiger partial charge in [0.1, 0.15) is 6.10 Å². The first kappa shape index (κ1) is 11.8. The van der Waals surface area contributed by atoms with Crippen molar-refractivity contribution in [3.05, 3.63) is 72.2 Å². The Hall–Kier alpha value is -2.26. The molecule has 93 valence electrons. The van der Waals surface area contributed by atoms with Crippen LogP contribution in [0.2, 0.25) is 0 Å². The van der Waals surface area contributed by atoms with Gasteiger partial charge in [-0.1, -0.05) is 24.3 Å². The van der Waals surface area contributed by atoms with Gasteiger partial charge in [0, 0.05) is 30.4 Å². The first-order chi connectivity index (χ1) is 9.34. The van der Waals surface area contributed by atoms with Crippen molar-refractivity contribution in [2.75, 3.05) is 0 Å². The summed E-state index contributed by atoms with van der Waals surface area (Å²) in [6.45, 7) is 0. The van der Waals surface area contributed by atoms with Gasteiger partial charge in [0.05, 0.1) is 5.52 Å². The van der Waals surface area contributed by atoms with Gasteiger partial charge in [0.15, 0.2) is 0 Å². The van der Waals surface area contributed by atoms with Crippen LogP contribution in [0, 0.1) is 0 Å². The monoisotopic (exact) mass is 249 g/mol. The normalized spacial score (nSPS) is 12.5. The van der Waals surface area contributed by atoms with Crippen molar-refractivity contribution in [2.24, 2.45) is 0 Å². The van der Waals surface area contributed by atoms with Crippen LogP contribution in [0.1, 0.15) is 17.2 Å². The number of benzene rings is 1. The van der Waals surface area contributed by atoms with Gasteiger partial charge in [0.25, 0.3) is 0 Å². The van der Waals surface area contributed by atoms with Crippen LogP contribution in [-0.4, -0.2) is 9.97 Å². The molecule has 0 spiro atoms. The van der Waals surface area contributed by atoms with Gasteiger partial charge in [-0.25, -0.2) is 5.11 Å². The Labute approximate surface area is 111 Å². The number of para-hydroxylation sites is 1. The smallest absolute Gasteiger partial charge is 0.123 e. The topological polar surface area (TPSA) is 45.7 Å². The number of rotatable bonds is 3. The van der Waals surface area contributed by atoms with Crippen molar-refractivity contribution < 1.29 is 5.11 Å². The van der Waals surface area contributed by atoms with E-state index in [2.05, 4.69) is 9.97 Å². The van der Waals surface area contributed by atoms with Crippen molar-refractivity contribution in [3.63, 3.8) is 0 Å². The molecule has 1 radical (unpaired) electrons. The lowest BCUT2D eigenvalue weighted by atomic mass is 9.99. The Bertz CT molecular complexity index is 677. The number of nitrogens with zero attached hydrogens (tertiary/aromatic N) is 2. The number of fused-ring (bicyclic) bond motifs is 1. The molecule has 2 heterocycles. The fraction of sp³-hybridized carbons (Fsp3) is 0.125. The third-order valence-corrected chi connectivity index (χ3v) is 3.17. The summed E-state index contributed by atoms with van der Waals surface area (Å²) < 4.78 is 0. The maximum absolute atomic E-state index is 12.5. The maximum Gasteiger partial charge on any atom is 0.123 e. The van der Waals surface area contributed by atoms with Crippen LogP contribution in [0.25, 0.3) is 10.9 Å². The van der Waals surface area contributed by atoms with Gasteiger partial charge in [-0.3, -0.25) is 9.97 Å². The summed E-state index contributed by atoms with van der Waals surface area (Å²) in [7, 11) is 0. The molecule has 0 aliphatic heterocycles. The molecule has 0 aliphatic rings. The lowest BCUT2D eigenvalue weighted by Gasteiger charge is -2.11. The van der Waals surface area contributed by atoms with Gasteiger partial charge < -0.3 is 0 Å². The minimum atomic E-state index is -0.794. The molecule has 1 atom stereocenters.